The lowest BCUT2D eigenvalue weighted by Crippen LogP contribution is -2.33. The Morgan fingerprint density at radius 2 is 1.89 bits per heavy atom. The van der Waals surface area contributed by atoms with Gasteiger partial charge in [0.05, 0.1) is 0 Å². The highest BCUT2D eigenvalue weighted by Gasteiger charge is 2.17. The average Bonchev–Trinajstić information content (AvgIpc) is 2.24. The van der Waals surface area contributed by atoms with Crippen molar-refractivity contribution in [2.45, 2.75) is 32.7 Å². The van der Waals surface area contributed by atoms with Gasteiger partial charge >= 0.3 is 6.09 Å². The maximum Gasteiger partial charge on any atom is 0.431 e. The van der Waals surface area contributed by atoms with Gasteiger partial charge in [-0.1, -0.05) is 23.7 Å². The van der Waals surface area contributed by atoms with Crippen LogP contribution in [0.4, 0.5) is 4.79 Å². The lowest BCUT2D eigenvalue weighted by molar-refractivity contribution is -0.146. The number of rotatable bonds is 3. The first kappa shape index (κ1) is 14.8. The molecule has 5 nitrogen and oxygen atoms in total. The van der Waals surface area contributed by atoms with Crippen LogP contribution in [-0.2, 0) is 9.57 Å². The highest BCUT2D eigenvalue weighted by Crippen LogP contribution is 2.16. The SMILES string of the molecule is CC(C)(C)OC(=O)NOC(O)c1ccc(Cl)cc1. The van der Waals surface area contributed by atoms with Crippen LogP contribution in [-0.4, -0.2) is 16.8 Å². The number of hydroxylamine groups is 1. The Hall–Kier alpha value is -1.30. The summed E-state index contributed by atoms with van der Waals surface area (Å²) in [4.78, 5) is 16.0. The first-order valence-electron chi connectivity index (χ1n) is 5.36. The Morgan fingerprint density at radius 3 is 2.39 bits per heavy atom. The zero-order valence-electron chi connectivity index (χ0n) is 10.4. The molecule has 0 aromatic heterocycles. The maximum absolute atomic E-state index is 11.3. The zero-order valence-corrected chi connectivity index (χ0v) is 11.2. The van der Waals surface area contributed by atoms with Gasteiger partial charge in [-0.05, 0) is 32.9 Å². The predicted octanol–water partition coefficient (Wildman–Crippen LogP) is 2.79. The molecule has 1 rings (SSSR count). The fraction of sp³-hybridized carbons (Fsp3) is 0.417. The molecule has 0 bridgehead atoms. The summed E-state index contributed by atoms with van der Waals surface area (Å²) in [7, 11) is 0. The molecule has 1 unspecified atom stereocenters. The number of carbonyl (C=O) groups is 1. The van der Waals surface area contributed by atoms with E-state index >= 15 is 0 Å². The van der Waals surface area contributed by atoms with Crippen LogP contribution in [0, 0.1) is 0 Å². The van der Waals surface area contributed by atoms with Gasteiger partial charge in [-0.2, -0.15) is 5.48 Å². The Labute approximate surface area is 111 Å². The molecule has 1 aromatic carbocycles. The number of ether oxygens (including phenoxy) is 1. The second-order valence-corrected chi connectivity index (χ2v) is 5.06. The minimum atomic E-state index is -1.28. The zero-order chi connectivity index (χ0) is 13.8. The average molecular weight is 274 g/mol. The number of benzene rings is 1. The third-order valence-corrected chi connectivity index (χ3v) is 2.06. The third-order valence-electron chi connectivity index (χ3n) is 1.81. The van der Waals surface area contributed by atoms with Crippen molar-refractivity contribution < 1.29 is 19.5 Å². The fourth-order valence-electron chi connectivity index (χ4n) is 1.10. The summed E-state index contributed by atoms with van der Waals surface area (Å²) < 4.78 is 4.94. The quantitative estimate of drug-likeness (QED) is 0.656. The predicted molar refractivity (Wildman–Crippen MR) is 66.9 cm³/mol. The number of amides is 1. The Balaban J connectivity index is 2.44. The van der Waals surface area contributed by atoms with Crippen molar-refractivity contribution in [2.24, 2.45) is 0 Å². The van der Waals surface area contributed by atoms with E-state index in [9.17, 15) is 9.90 Å². The minimum absolute atomic E-state index is 0.468. The Morgan fingerprint density at radius 1 is 1.33 bits per heavy atom. The van der Waals surface area contributed by atoms with Crippen molar-refractivity contribution in [3.05, 3.63) is 34.9 Å². The summed E-state index contributed by atoms with van der Waals surface area (Å²) in [6.07, 6.45) is -2.05. The van der Waals surface area contributed by atoms with Gasteiger partial charge in [0.1, 0.15) is 5.60 Å². The molecule has 1 amide bonds. The van der Waals surface area contributed by atoms with Gasteiger partial charge < -0.3 is 9.84 Å². The highest BCUT2D eigenvalue weighted by atomic mass is 35.5. The Bertz CT molecular complexity index is 400. The van der Waals surface area contributed by atoms with Gasteiger partial charge in [0.25, 0.3) is 0 Å². The maximum atomic E-state index is 11.3. The van der Waals surface area contributed by atoms with E-state index in [1.165, 1.54) is 0 Å². The lowest BCUT2D eigenvalue weighted by atomic mass is 10.2. The molecule has 100 valence electrons. The first-order chi connectivity index (χ1) is 8.28. The number of hydrogen-bond donors (Lipinski definition) is 2. The van der Waals surface area contributed by atoms with Crippen molar-refractivity contribution >= 4 is 17.7 Å². The molecule has 18 heavy (non-hydrogen) atoms. The van der Waals surface area contributed by atoms with Crippen molar-refractivity contribution in [1.82, 2.24) is 5.48 Å². The summed E-state index contributed by atoms with van der Waals surface area (Å²) in [5.41, 5.74) is 1.85. The van der Waals surface area contributed by atoms with Crippen molar-refractivity contribution in [3.8, 4) is 0 Å². The number of carbonyl (C=O) groups excluding carboxylic acids is 1. The largest absolute Gasteiger partial charge is 0.442 e. The number of hydrogen-bond acceptors (Lipinski definition) is 4. The monoisotopic (exact) mass is 273 g/mol. The van der Waals surface area contributed by atoms with Crippen LogP contribution in [0.25, 0.3) is 0 Å². The number of nitrogens with one attached hydrogen (secondary N) is 1. The van der Waals surface area contributed by atoms with Gasteiger partial charge in [0.2, 0.25) is 6.29 Å². The normalized spacial score (nSPS) is 12.9. The van der Waals surface area contributed by atoms with Gasteiger partial charge in [0, 0.05) is 10.6 Å². The van der Waals surface area contributed by atoms with E-state index < -0.39 is 18.0 Å². The number of aliphatic hydroxyl groups is 1. The standard InChI is InChI=1S/C12H16ClNO4/c1-12(2,3)17-11(16)14-18-10(15)8-4-6-9(13)7-5-8/h4-7,10,15H,1-3H3,(H,14,16). The molecule has 0 heterocycles. The topological polar surface area (TPSA) is 67.8 Å². The highest BCUT2D eigenvalue weighted by molar-refractivity contribution is 6.30. The molecule has 0 spiro atoms. The van der Waals surface area contributed by atoms with Crippen molar-refractivity contribution in [2.75, 3.05) is 0 Å². The van der Waals surface area contributed by atoms with Crippen LogP contribution in [0.2, 0.25) is 5.02 Å². The van der Waals surface area contributed by atoms with E-state index in [4.69, 9.17) is 21.2 Å². The van der Waals surface area contributed by atoms with Crippen LogP contribution >= 0.6 is 11.6 Å². The Kier molecular flexibility index (Phi) is 4.95. The third kappa shape index (κ3) is 5.35. The van der Waals surface area contributed by atoms with Crippen LogP contribution in [0.15, 0.2) is 24.3 Å². The van der Waals surface area contributed by atoms with Gasteiger partial charge in [-0.15, -0.1) is 0 Å². The van der Waals surface area contributed by atoms with Crippen molar-refractivity contribution in [1.29, 1.82) is 0 Å². The molecule has 0 aliphatic carbocycles. The molecule has 6 heteroatoms. The van der Waals surface area contributed by atoms with Gasteiger partial charge in [0.15, 0.2) is 0 Å². The molecule has 0 fully saturated rings. The molecule has 2 N–H and O–H groups in total. The molecular formula is C12H16ClNO4. The number of halogens is 1. The first-order valence-corrected chi connectivity index (χ1v) is 5.74. The molecule has 1 atom stereocenters. The van der Waals surface area contributed by atoms with E-state index in [0.717, 1.165) is 0 Å². The lowest BCUT2D eigenvalue weighted by Gasteiger charge is -2.20. The number of aliphatic hydroxyl groups excluding tert-OH is 1. The smallest absolute Gasteiger partial charge is 0.431 e. The molecule has 0 radical (unpaired) electrons. The van der Waals surface area contributed by atoms with Crippen LogP contribution in [0.3, 0.4) is 0 Å². The van der Waals surface area contributed by atoms with E-state index in [2.05, 4.69) is 0 Å². The van der Waals surface area contributed by atoms with Crippen LogP contribution in [0.5, 0.6) is 0 Å². The van der Waals surface area contributed by atoms with Crippen LogP contribution in [0.1, 0.15) is 32.6 Å². The second-order valence-electron chi connectivity index (χ2n) is 4.63. The molecule has 0 aliphatic heterocycles. The summed E-state index contributed by atoms with van der Waals surface area (Å²) in [6, 6.07) is 6.39. The van der Waals surface area contributed by atoms with Crippen LogP contribution < -0.4 is 5.48 Å². The van der Waals surface area contributed by atoms with E-state index in [1.54, 1.807) is 45.0 Å². The summed E-state index contributed by atoms with van der Waals surface area (Å²) in [5.74, 6) is 0. The summed E-state index contributed by atoms with van der Waals surface area (Å²) >= 11 is 5.70. The summed E-state index contributed by atoms with van der Waals surface area (Å²) in [5, 5.41) is 10.2. The summed E-state index contributed by atoms with van der Waals surface area (Å²) in [6.45, 7) is 5.17. The van der Waals surface area contributed by atoms with E-state index in [1.807, 2.05) is 5.48 Å². The van der Waals surface area contributed by atoms with Gasteiger partial charge in [-0.25, -0.2) is 9.63 Å². The minimum Gasteiger partial charge on any atom is -0.442 e. The molecule has 0 aliphatic rings. The molecule has 0 saturated carbocycles. The fourth-order valence-corrected chi connectivity index (χ4v) is 1.22. The van der Waals surface area contributed by atoms with E-state index in [-0.39, 0.29) is 0 Å². The van der Waals surface area contributed by atoms with E-state index in [0.29, 0.717) is 10.6 Å². The second kappa shape index (κ2) is 6.04. The molecular weight excluding hydrogens is 258 g/mol. The molecule has 0 saturated heterocycles. The molecule has 1 aromatic rings. The van der Waals surface area contributed by atoms with Crippen molar-refractivity contribution in [3.63, 3.8) is 0 Å². The van der Waals surface area contributed by atoms with Gasteiger partial charge in [-0.3, -0.25) is 0 Å².